The van der Waals surface area contributed by atoms with Crippen molar-refractivity contribution in [2.45, 2.75) is 11.8 Å². The maximum Gasteiger partial charge on any atom is 0.190 e. The van der Waals surface area contributed by atoms with Gasteiger partial charge in [-0.05, 0) is 17.9 Å². The van der Waals surface area contributed by atoms with E-state index in [4.69, 9.17) is 11.6 Å². The van der Waals surface area contributed by atoms with Crippen LogP contribution in [0.15, 0.2) is 34.3 Å². The molecular weight excluding hydrogens is 244 g/mol. The van der Waals surface area contributed by atoms with Crippen LogP contribution in [0.25, 0.3) is 0 Å². The van der Waals surface area contributed by atoms with Crippen LogP contribution in [0.4, 0.5) is 5.69 Å². The van der Waals surface area contributed by atoms with Crippen molar-refractivity contribution in [3.8, 4) is 0 Å². The number of carbonyl (C=O) groups is 1. The van der Waals surface area contributed by atoms with Gasteiger partial charge >= 0.3 is 0 Å². The van der Waals surface area contributed by atoms with Crippen LogP contribution >= 0.6 is 23.4 Å². The lowest BCUT2D eigenvalue weighted by atomic mass is 10.3. The first-order chi connectivity index (χ1) is 7.77. The van der Waals surface area contributed by atoms with Gasteiger partial charge in [0.2, 0.25) is 0 Å². The Morgan fingerprint density at radius 2 is 2.31 bits per heavy atom. The smallest absolute Gasteiger partial charge is 0.190 e. The first kappa shape index (κ1) is 13.1. The van der Waals surface area contributed by atoms with E-state index >= 15 is 0 Å². The molecule has 0 aromatic heterocycles. The number of carbonyl (C=O) groups excluding carboxylic acids is 1. The summed E-state index contributed by atoms with van der Waals surface area (Å²) in [6.45, 7) is 2.09. The SMILES string of the molecule is CCSc1ccccc1NN=CC(=O)CCl. The molecule has 0 aliphatic heterocycles. The van der Waals surface area contributed by atoms with E-state index in [1.807, 2.05) is 24.3 Å². The van der Waals surface area contributed by atoms with E-state index in [0.29, 0.717) is 0 Å². The van der Waals surface area contributed by atoms with Crippen molar-refractivity contribution in [3.63, 3.8) is 0 Å². The molecule has 16 heavy (non-hydrogen) atoms. The number of rotatable bonds is 6. The van der Waals surface area contributed by atoms with E-state index in [1.54, 1.807) is 11.8 Å². The fourth-order valence-corrected chi connectivity index (χ4v) is 1.87. The summed E-state index contributed by atoms with van der Waals surface area (Å²) in [5.74, 6) is 0.731. The Bertz CT molecular complexity index is 382. The Morgan fingerprint density at radius 3 is 3.00 bits per heavy atom. The lowest BCUT2D eigenvalue weighted by molar-refractivity contribution is -0.110. The largest absolute Gasteiger partial charge is 0.292 e. The van der Waals surface area contributed by atoms with Crippen LogP contribution in [0.2, 0.25) is 0 Å². The van der Waals surface area contributed by atoms with Crippen molar-refractivity contribution < 1.29 is 4.79 Å². The van der Waals surface area contributed by atoms with E-state index in [0.717, 1.165) is 16.3 Å². The summed E-state index contributed by atoms with van der Waals surface area (Å²) in [5, 5.41) is 3.83. The van der Waals surface area contributed by atoms with Crippen LogP contribution in [0.1, 0.15) is 6.92 Å². The highest BCUT2D eigenvalue weighted by Gasteiger charge is 1.99. The fourth-order valence-electron chi connectivity index (χ4n) is 1.05. The maximum atomic E-state index is 10.9. The van der Waals surface area contributed by atoms with Gasteiger partial charge < -0.3 is 0 Å². The monoisotopic (exact) mass is 256 g/mol. The van der Waals surface area contributed by atoms with E-state index in [9.17, 15) is 4.79 Å². The van der Waals surface area contributed by atoms with Crippen LogP contribution in [-0.2, 0) is 4.79 Å². The zero-order valence-electron chi connectivity index (χ0n) is 8.94. The zero-order chi connectivity index (χ0) is 11.8. The molecule has 0 radical (unpaired) electrons. The van der Waals surface area contributed by atoms with Gasteiger partial charge in [-0.1, -0.05) is 19.1 Å². The molecule has 0 heterocycles. The molecule has 1 rings (SSSR count). The van der Waals surface area contributed by atoms with Crippen LogP contribution in [0.3, 0.4) is 0 Å². The minimum absolute atomic E-state index is 0.0451. The number of hydrogen-bond donors (Lipinski definition) is 1. The number of Topliss-reactive ketones (excluding diaryl/α,β-unsaturated/α-hetero) is 1. The molecule has 0 bridgehead atoms. The first-order valence-electron chi connectivity index (χ1n) is 4.87. The molecule has 1 aromatic rings. The molecule has 0 spiro atoms. The van der Waals surface area contributed by atoms with Gasteiger partial charge in [-0.15, -0.1) is 23.4 Å². The number of anilines is 1. The summed E-state index contributed by atoms with van der Waals surface area (Å²) in [4.78, 5) is 12.0. The summed E-state index contributed by atoms with van der Waals surface area (Å²) >= 11 is 7.06. The average Bonchev–Trinajstić information content (AvgIpc) is 2.31. The highest BCUT2D eigenvalue weighted by molar-refractivity contribution is 7.99. The number of halogens is 1. The van der Waals surface area contributed by atoms with Crippen molar-refractivity contribution in [1.29, 1.82) is 0 Å². The van der Waals surface area contributed by atoms with E-state index in [2.05, 4.69) is 17.5 Å². The third-order valence-electron chi connectivity index (χ3n) is 1.71. The molecule has 0 fully saturated rings. The van der Waals surface area contributed by atoms with Gasteiger partial charge in [0.05, 0.1) is 17.8 Å². The van der Waals surface area contributed by atoms with E-state index < -0.39 is 0 Å². The standard InChI is InChI=1S/C11H13ClN2OS/c1-2-16-11-6-4-3-5-10(11)14-13-8-9(15)7-12/h3-6,8,14H,2,7H2,1H3. The van der Waals surface area contributed by atoms with Crippen LogP contribution in [0, 0.1) is 0 Å². The van der Waals surface area contributed by atoms with E-state index in [1.165, 1.54) is 6.21 Å². The van der Waals surface area contributed by atoms with Gasteiger partial charge in [0.25, 0.3) is 0 Å². The number of thioether (sulfide) groups is 1. The molecule has 0 aliphatic rings. The molecule has 0 saturated carbocycles. The lowest BCUT2D eigenvalue weighted by Gasteiger charge is -2.06. The molecule has 0 atom stereocenters. The fraction of sp³-hybridized carbons (Fsp3) is 0.273. The molecule has 0 unspecified atom stereocenters. The second kappa shape index (κ2) is 7.30. The van der Waals surface area contributed by atoms with Crippen molar-refractivity contribution in [3.05, 3.63) is 24.3 Å². The van der Waals surface area contributed by atoms with Crippen molar-refractivity contribution >= 4 is 41.0 Å². The summed E-state index contributed by atoms with van der Waals surface area (Å²) in [6.07, 6.45) is 1.19. The van der Waals surface area contributed by atoms with Crippen LogP contribution in [-0.4, -0.2) is 23.6 Å². The number of benzene rings is 1. The Hall–Kier alpha value is -1.00. The third-order valence-corrected chi connectivity index (χ3v) is 2.93. The first-order valence-corrected chi connectivity index (χ1v) is 6.39. The van der Waals surface area contributed by atoms with Gasteiger partial charge in [0.15, 0.2) is 5.78 Å². The minimum Gasteiger partial charge on any atom is -0.292 e. The molecule has 0 aliphatic carbocycles. The average molecular weight is 257 g/mol. The Kier molecular flexibility index (Phi) is 5.96. The summed E-state index contributed by atoms with van der Waals surface area (Å²) in [7, 11) is 0. The Morgan fingerprint density at radius 1 is 1.56 bits per heavy atom. The second-order valence-corrected chi connectivity index (χ2v) is 4.47. The molecule has 0 amide bonds. The van der Waals surface area contributed by atoms with Crippen LogP contribution < -0.4 is 5.43 Å². The Balaban J connectivity index is 2.65. The summed E-state index contributed by atoms with van der Waals surface area (Å²) in [6, 6.07) is 7.81. The summed E-state index contributed by atoms with van der Waals surface area (Å²) < 4.78 is 0. The number of nitrogens with one attached hydrogen (secondary N) is 1. The van der Waals surface area contributed by atoms with Crippen molar-refractivity contribution in [2.75, 3.05) is 17.1 Å². The molecule has 1 N–H and O–H groups in total. The highest BCUT2D eigenvalue weighted by atomic mass is 35.5. The quantitative estimate of drug-likeness (QED) is 0.368. The van der Waals surface area contributed by atoms with E-state index in [-0.39, 0.29) is 11.7 Å². The third kappa shape index (κ3) is 4.24. The summed E-state index contributed by atoms with van der Waals surface area (Å²) in [5.41, 5.74) is 3.73. The van der Waals surface area contributed by atoms with Gasteiger partial charge in [-0.2, -0.15) is 5.10 Å². The number of alkyl halides is 1. The van der Waals surface area contributed by atoms with Crippen molar-refractivity contribution in [2.24, 2.45) is 5.10 Å². The normalized spacial score (nSPS) is 10.6. The highest BCUT2D eigenvalue weighted by Crippen LogP contribution is 2.26. The zero-order valence-corrected chi connectivity index (χ0v) is 10.5. The molecule has 0 saturated heterocycles. The number of ketones is 1. The lowest BCUT2D eigenvalue weighted by Crippen LogP contribution is -2.02. The number of para-hydroxylation sites is 1. The van der Waals surface area contributed by atoms with Crippen LogP contribution in [0.5, 0.6) is 0 Å². The second-order valence-electron chi connectivity index (χ2n) is 2.90. The number of hydrazone groups is 1. The molecule has 3 nitrogen and oxygen atoms in total. The molecule has 5 heteroatoms. The van der Waals surface area contributed by atoms with Crippen molar-refractivity contribution in [1.82, 2.24) is 0 Å². The predicted molar refractivity (Wildman–Crippen MR) is 70.7 cm³/mol. The predicted octanol–water partition coefficient (Wildman–Crippen LogP) is 3.00. The Labute approximate surface area is 104 Å². The number of hydrogen-bond acceptors (Lipinski definition) is 4. The topological polar surface area (TPSA) is 41.5 Å². The molecular formula is C11H13ClN2OS. The number of nitrogens with zero attached hydrogens (tertiary/aromatic N) is 1. The van der Waals surface area contributed by atoms with Gasteiger partial charge in [-0.3, -0.25) is 10.2 Å². The molecule has 86 valence electrons. The van der Waals surface area contributed by atoms with Gasteiger partial charge in [-0.25, -0.2) is 0 Å². The minimum atomic E-state index is -0.213. The maximum absolute atomic E-state index is 10.9. The van der Waals surface area contributed by atoms with Gasteiger partial charge in [0.1, 0.15) is 0 Å². The molecule has 1 aromatic carbocycles. The van der Waals surface area contributed by atoms with Gasteiger partial charge in [0, 0.05) is 4.90 Å².